The number of benzene rings is 2. The van der Waals surface area contributed by atoms with Crippen LogP contribution >= 0.6 is 11.6 Å². The molecule has 25 heavy (non-hydrogen) atoms. The highest BCUT2D eigenvalue weighted by Crippen LogP contribution is 2.23. The van der Waals surface area contributed by atoms with Crippen LogP contribution in [0.4, 0.5) is 5.69 Å². The number of nitro groups is 1. The summed E-state index contributed by atoms with van der Waals surface area (Å²) in [5.74, 6) is -1.04. The number of ether oxygens (including phenoxy) is 1. The van der Waals surface area contributed by atoms with Crippen molar-refractivity contribution in [1.82, 2.24) is 0 Å². The standard InChI is InChI=1S/C16H14ClNO6S/c1-11-10-13(4-7-15(11)18(20)21)24-16(19)8-9-25(22,23)14-5-2-12(17)3-6-14/h2-7,10H,8-9H2,1H3. The van der Waals surface area contributed by atoms with Crippen molar-refractivity contribution >= 4 is 33.1 Å². The largest absolute Gasteiger partial charge is 0.426 e. The SMILES string of the molecule is Cc1cc(OC(=O)CCS(=O)(=O)c2ccc(Cl)cc2)ccc1[N+](=O)[O-]. The molecule has 0 spiro atoms. The molecule has 2 rings (SSSR count). The summed E-state index contributed by atoms with van der Waals surface area (Å²) in [6.45, 7) is 1.51. The zero-order valence-electron chi connectivity index (χ0n) is 13.1. The Bertz CT molecular complexity index is 909. The molecular weight excluding hydrogens is 370 g/mol. The monoisotopic (exact) mass is 383 g/mol. The Labute approximate surface area is 149 Å². The number of carbonyl (C=O) groups is 1. The van der Waals surface area contributed by atoms with Crippen LogP contribution in [0.25, 0.3) is 0 Å². The summed E-state index contributed by atoms with van der Waals surface area (Å²) in [5.41, 5.74) is 0.245. The molecule has 0 aliphatic rings. The highest BCUT2D eigenvalue weighted by molar-refractivity contribution is 7.91. The Morgan fingerprint density at radius 3 is 2.40 bits per heavy atom. The Kier molecular flexibility index (Phi) is 5.76. The fraction of sp³-hybridized carbons (Fsp3) is 0.188. The van der Waals surface area contributed by atoms with Gasteiger partial charge in [0.05, 0.1) is 22.0 Å². The molecule has 0 aliphatic carbocycles. The normalized spacial score (nSPS) is 11.1. The third-order valence-corrected chi connectivity index (χ3v) is 5.33. The van der Waals surface area contributed by atoms with E-state index in [1.165, 1.54) is 49.4 Å². The van der Waals surface area contributed by atoms with Crippen LogP contribution in [0.15, 0.2) is 47.4 Å². The first-order chi connectivity index (χ1) is 11.7. The van der Waals surface area contributed by atoms with E-state index in [0.717, 1.165) is 0 Å². The molecule has 0 fully saturated rings. The van der Waals surface area contributed by atoms with E-state index in [2.05, 4.69) is 0 Å². The van der Waals surface area contributed by atoms with Gasteiger partial charge in [-0.3, -0.25) is 14.9 Å². The van der Waals surface area contributed by atoms with Gasteiger partial charge in [-0.05, 0) is 43.3 Å². The Morgan fingerprint density at radius 1 is 1.20 bits per heavy atom. The summed E-state index contributed by atoms with van der Waals surface area (Å²) >= 11 is 5.71. The van der Waals surface area contributed by atoms with Gasteiger partial charge in [-0.15, -0.1) is 0 Å². The molecule has 0 aromatic heterocycles. The van der Waals surface area contributed by atoms with Crippen molar-refractivity contribution in [2.45, 2.75) is 18.2 Å². The maximum absolute atomic E-state index is 12.1. The van der Waals surface area contributed by atoms with Crippen molar-refractivity contribution in [2.24, 2.45) is 0 Å². The zero-order chi connectivity index (χ0) is 18.6. The van der Waals surface area contributed by atoms with Gasteiger partial charge in [0, 0.05) is 16.7 Å². The van der Waals surface area contributed by atoms with Gasteiger partial charge in [0.2, 0.25) is 0 Å². The number of esters is 1. The summed E-state index contributed by atoms with van der Waals surface area (Å²) in [7, 11) is -3.64. The van der Waals surface area contributed by atoms with Crippen LogP contribution in [-0.4, -0.2) is 25.1 Å². The second-order valence-electron chi connectivity index (χ2n) is 5.20. The smallest absolute Gasteiger partial charge is 0.312 e. The number of hydrogen-bond acceptors (Lipinski definition) is 6. The molecule has 2 aromatic rings. The van der Waals surface area contributed by atoms with E-state index >= 15 is 0 Å². The number of nitro benzene ring substituents is 1. The predicted molar refractivity (Wildman–Crippen MR) is 91.6 cm³/mol. The minimum atomic E-state index is -3.64. The number of sulfone groups is 1. The van der Waals surface area contributed by atoms with Crippen LogP contribution in [0.2, 0.25) is 5.02 Å². The number of hydrogen-bond donors (Lipinski definition) is 0. The third kappa shape index (κ3) is 5.01. The van der Waals surface area contributed by atoms with Gasteiger partial charge in [-0.2, -0.15) is 0 Å². The number of halogens is 1. The van der Waals surface area contributed by atoms with E-state index in [1.54, 1.807) is 0 Å². The Balaban J connectivity index is 2.00. The van der Waals surface area contributed by atoms with Crippen LogP contribution < -0.4 is 4.74 Å². The first kappa shape index (κ1) is 18.9. The first-order valence-electron chi connectivity index (χ1n) is 7.13. The van der Waals surface area contributed by atoms with Gasteiger partial charge in [0.15, 0.2) is 9.84 Å². The van der Waals surface area contributed by atoms with Gasteiger partial charge < -0.3 is 4.74 Å². The molecule has 0 amide bonds. The molecule has 0 atom stereocenters. The number of rotatable bonds is 6. The minimum Gasteiger partial charge on any atom is -0.426 e. The van der Waals surface area contributed by atoms with Gasteiger partial charge in [0.1, 0.15) is 5.75 Å². The zero-order valence-corrected chi connectivity index (χ0v) is 14.7. The molecule has 9 heteroatoms. The lowest BCUT2D eigenvalue weighted by Gasteiger charge is -2.07. The lowest BCUT2D eigenvalue weighted by molar-refractivity contribution is -0.385. The molecule has 132 valence electrons. The summed E-state index contributed by atoms with van der Waals surface area (Å²) in [5, 5.41) is 11.2. The van der Waals surface area contributed by atoms with Crippen LogP contribution in [0.5, 0.6) is 5.75 Å². The summed E-state index contributed by atoms with van der Waals surface area (Å²) < 4.78 is 29.3. The van der Waals surface area contributed by atoms with Crippen LogP contribution in [0.3, 0.4) is 0 Å². The molecule has 2 aromatic carbocycles. The Morgan fingerprint density at radius 2 is 1.84 bits per heavy atom. The lowest BCUT2D eigenvalue weighted by Crippen LogP contribution is -2.15. The van der Waals surface area contributed by atoms with E-state index in [9.17, 15) is 23.3 Å². The summed E-state index contributed by atoms with van der Waals surface area (Å²) in [6.07, 6.45) is -0.346. The topological polar surface area (TPSA) is 104 Å². The molecule has 0 N–H and O–H groups in total. The Hall–Kier alpha value is -2.45. The second kappa shape index (κ2) is 7.62. The van der Waals surface area contributed by atoms with Crippen molar-refractivity contribution in [1.29, 1.82) is 0 Å². The lowest BCUT2D eigenvalue weighted by atomic mass is 10.2. The molecule has 0 bridgehead atoms. The highest BCUT2D eigenvalue weighted by Gasteiger charge is 2.18. The molecule has 0 aliphatic heterocycles. The molecule has 0 heterocycles. The van der Waals surface area contributed by atoms with E-state index in [0.29, 0.717) is 10.6 Å². The minimum absolute atomic E-state index is 0.0656. The molecular formula is C16H14ClNO6S. The fourth-order valence-electron chi connectivity index (χ4n) is 2.06. The molecule has 7 nitrogen and oxygen atoms in total. The van der Waals surface area contributed by atoms with E-state index in [-0.39, 0.29) is 22.8 Å². The van der Waals surface area contributed by atoms with Crippen LogP contribution in [-0.2, 0) is 14.6 Å². The molecule has 0 radical (unpaired) electrons. The van der Waals surface area contributed by atoms with Crippen LogP contribution in [0.1, 0.15) is 12.0 Å². The predicted octanol–water partition coefficient (Wildman–Crippen LogP) is 3.33. The average Bonchev–Trinajstić information content (AvgIpc) is 2.53. The van der Waals surface area contributed by atoms with Gasteiger partial charge in [-0.25, -0.2) is 8.42 Å². The van der Waals surface area contributed by atoms with Crippen molar-refractivity contribution in [3.05, 3.63) is 63.2 Å². The maximum Gasteiger partial charge on any atom is 0.312 e. The van der Waals surface area contributed by atoms with E-state index in [1.807, 2.05) is 0 Å². The fourth-order valence-corrected chi connectivity index (χ4v) is 3.40. The molecule has 0 saturated heterocycles. The van der Waals surface area contributed by atoms with Gasteiger partial charge in [-0.1, -0.05) is 11.6 Å². The summed E-state index contributed by atoms with van der Waals surface area (Å²) in [6, 6.07) is 9.49. The van der Waals surface area contributed by atoms with Crippen molar-refractivity contribution in [3.8, 4) is 5.75 Å². The van der Waals surface area contributed by atoms with Gasteiger partial charge in [0.25, 0.3) is 5.69 Å². The van der Waals surface area contributed by atoms with Crippen molar-refractivity contribution < 1.29 is 22.9 Å². The molecule has 0 saturated carbocycles. The number of nitrogens with zero attached hydrogens (tertiary/aromatic N) is 1. The van der Waals surface area contributed by atoms with Gasteiger partial charge >= 0.3 is 5.97 Å². The first-order valence-corrected chi connectivity index (χ1v) is 9.16. The highest BCUT2D eigenvalue weighted by atomic mass is 35.5. The number of aryl methyl sites for hydroxylation is 1. The summed E-state index contributed by atoms with van der Waals surface area (Å²) in [4.78, 5) is 22.1. The average molecular weight is 384 g/mol. The van der Waals surface area contributed by atoms with E-state index < -0.39 is 26.5 Å². The van der Waals surface area contributed by atoms with E-state index in [4.69, 9.17) is 16.3 Å². The second-order valence-corrected chi connectivity index (χ2v) is 7.75. The maximum atomic E-state index is 12.1. The molecule has 0 unspecified atom stereocenters. The van der Waals surface area contributed by atoms with Crippen LogP contribution in [0, 0.1) is 17.0 Å². The van der Waals surface area contributed by atoms with Crippen molar-refractivity contribution in [3.63, 3.8) is 0 Å². The van der Waals surface area contributed by atoms with Crippen molar-refractivity contribution in [2.75, 3.05) is 5.75 Å². The number of carbonyl (C=O) groups excluding carboxylic acids is 1. The third-order valence-electron chi connectivity index (χ3n) is 3.34. The quantitative estimate of drug-likeness (QED) is 0.328.